The molecule has 1 fully saturated rings. The number of benzene rings is 3. The Morgan fingerprint density at radius 3 is 2.66 bits per heavy atom. The van der Waals surface area contributed by atoms with E-state index in [0.717, 1.165) is 6.07 Å². The predicted molar refractivity (Wildman–Crippen MR) is 180 cm³/mol. The van der Waals surface area contributed by atoms with Crippen molar-refractivity contribution in [2.75, 3.05) is 31.6 Å². The third-order valence-electron chi connectivity index (χ3n) is 9.41. The molecule has 50 heavy (non-hydrogen) atoms. The number of carbonyl (C=O) groups excluding carboxylic acids is 1. The van der Waals surface area contributed by atoms with E-state index < -0.39 is 35.7 Å². The summed E-state index contributed by atoms with van der Waals surface area (Å²) >= 11 is 0. The first kappa shape index (κ1) is 31.7. The molecule has 8 rings (SSSR count). The van der Waals surface area contributed by atoms with Gasteiger partial charge in [-0.2, -0.15) is 10.1 Å². The molecule has 4 bridgehead atoms. The van der Waals surface area contributed by atoms with Crippen LogP contribution in [0.15, 0.2) is 67.0 Å². The van der Waals surface area contributed by atoms with Crippen LogP contribution in [0.4, 0.5) is 18.9 Å². The van der Waals surface area contributed by atoms with Crippen molar-refractivity contribution in [2.45, 2.75) is 45.1 Å². The fraction of sp³-hybridized carbons (Fsp3) is 0.306. The van der Waals surface area contributed by atoms with Gasteiger partial charge in [-0.1, -0.05) is 6.07 Å². The van der Waals surface area contributed by atoms with Crippen LogP contribution >= 0.6 is 0 Å². The first-order valence-corrected chi connectivity index (χ1v) is 16.4. The van der Waals surface area contributed by atoms with Gasteiger partial charge in [-0.3, -0.25) is 4.79 Å². The van der Waals surface area contributed by atoms with Crippen LogP contribution in [-0.2, 0) is 16.1 Å². The number of amides is 1. The van der Waals surface area contributed by atoms with E-state index in [9.17, 15) is 18.0 Å². The van der Waals surface area contributed by atoms with Gasteiger partial charge in [0.2, 0.25) is 5.91 Å². The molecule has 1 saturated heterocycles. The van der Waals surface area contributed by atoms with Crippen LogP contribution < -0.4 is 9.64 Å². The molecule has 3 aromatic carbocycles. The number of nitrogens with zero attached hydrogens (tertiary/aromatic N) is 8. The Hall–Kier alpha value is -5.50. The minimum Gasteiger partial charge on any atom is -0.458 e. The zero-order chi connectivity index (χ0) is 34.7. The second kappa shape index (κ2) is 12.4. The van der Waals surface area contributed by atoms with Crippen molar-refractivity contribution in [2.24, 2.45) is 0 Å². The Morgan fingerprint density at radius 2 is 1.84 bits per heavy atom. The minimum atomic E-state index is -0.749. The number of fused-ring (bicyclic) bond motifs is 6. The number of hydrogen-bond acceptors (Lipinski definition) is 8. The molecule has 0 saturated carbocycles. The van der Waals surface area contributed by atoms with E-state index in [4.69, 9.17) is 14.5 Å². The molecular formula is C36H33F3N8O3. The highest BCUT2D eigenvalue weighted by atomic mass is 19.1. The van der Waals surface area contributed by atoms with E-state index in [2.05, 4.69) is 15.1 Å². The van der Waals surface area contributed by atoms with E-state index in [-0.39, 0.29) is 24.1 Å². The standard InChI is InChI=1S/C36H33F3N8O3/c1-4-49-24-17-44(3)35(48)33-15-23(18-46(33)30-6-5-7-31-26(30)16-41-47(31)32-9-8-21(37)13-27(32)39)50-36-40-11-10-28(43-36)25-12-22(38)14-29-34(25)45(19-24)20(2)42-29/h5-14,16,23-24,33H,4,15,17-19H2,1-3H3/t23-,24-,33-/m0/s1. The molecule has 0 unspecified atom stereocenters. The molecule has 0 spiro atoms. The molecule has 14 heteroatoms. The number of halogens is 3. The van der Waals surface area contributed by atoms with Crippen LogP contribution in [0.5, 0.6) is 6.01 Å². The van der Waals surface area contributed by atoms with Gasteiger partial charge in [0.15, 0.2) is 5.82 Å². The molecule has 2 aliphatic heterocycles. The molecule has 3 aromatic heterocycles. The maximum atomic E-state index is 15.0. The fourth-order valence-electron chi connectivity index (χ4n) is 7.23. The van der Waals surface area contributed by atoms with Gasteiger partial charge < -0.3 is 23.8 Å². The van der Waals surface area contributed by atoms with Crippen molar-refractivity contribution in [1.29, 1.82) is 0 Å². The number of ether oxygens (including phenoxy) is 2. The second-order valence-electron chi connectivity index (χ2n) is 12.6. The topological polar surface area (TPSA) is 103 Å². The number of aromatic nitrogens is 6. The lowest BCUT2D eigenvalue weighted by Crippen LogP contribution is -2.47. The molecular weight excluding hydrogens is 649 g/mol. The summed E-state index contributed by atoms with van der Waals surface area (Å²) in [7, 11) is 1.75. The average Bonchev–Trinajstić information content (AvgIpc) is 3.79. The van der Waals surface area contributed by atoms with Crippen molar-refractivity contribution in [1.82, 2.24) is 34.2 Å². The molecule has 0 aliphatic carbocycles. The molecule has 256 valence electrons. The lowest BCUT2D eigenvalue weighted by molar-refractivity contribution is -0.133. The summed E-state index contributed by atoms with van der Waals surface area (Å²) in [5, 5.41) is 5.13. The SMILES string of the molecule is CCO[C@H]1CN(C)C(=O)[C@@H]2C[C@@H](CN2c2cccc3c2cnn3-c2ccc(F)cc2F)Oc2nccc(n2)-c2cc(F)cc3nc(C)n(c23)C1. The van der Waals surface area contributed by atoms with Crippen LogP contribution in [0.1, 0.15) is 19.2 Å². The van der Waals surface area contributed by atoms with E-state index in [1.807, 2.05) is 35.4 Å². The monoisotopic (exact) mass is 682 g/mol. The summed E-state index contributed by atoms with van der Waals surface area (Å²) in [4.78, 5) is 31.8. The summed E-state index contributed by atoms with van der Waals surface area (Å²) in [5.74, 6) is -1.36. The Bertz CT molecular complexity index is 2270. The highest BCUT2D eigenvalue weighted by Crippen LogP contribution is 2.36. The maximum Gasteiger partial charge on any atom is 0.317 e. The number of hydrogen-bond donors (Lipinski definition) is 0. The van der Waals surface area contributed by atoms with Crippen LogP contribution in [0.25, 0.3) is 38.9 Å². The number of aryl methyl sites for hydroxylation is 1. The molecule has 3 atom stereocenters. The van der Waals surface area contributed by atoms with Crippen molar-refractivity contribution in [3.8, 4) is 23.0 Å². The Balaban J connectivity index is 1.23. The number of carbonyl (C=O) groups is 1. The number of imidazole rings is 1. The highest BCUT2D eigenvalue weighted by Gasteiger charge is 2.41. The van der Waals surface area contributed by atoms with Crippen LogP contribution in [0, 0.1) is 24.4 Å². The van der Waals surface area contributed by atoms with Gasteiger partial charge in [0.05, 0.1) is 47.6 Å². The summed E-state index contributed by atoms with van der Waals surface area (Å²) < 4.78 is 59.5. The number of anilines is 1. The van der Waals surface area contributed by atoms with Gasteiger partial charge >= 0.3 is 6.01 Å². The normalized spacial score (nSPS) is 19.6. The van der Waals surface area contributed by atoms with Crippen LogP contribution in [0.2, 0.25) is 0 Å². The summed E-state index contributed by atoms with van der Waals surface area (Å²) in [6, 6.07) is 12.8. The van der Waals surface area contributed by atoms with Crippen molar-refractivity contribution in [3.63, 3.8) is 0 Å². The van der Waals surface area contributed by atoms with E-state index in [0.29, 0.717) is 70.8 Å². The van der Waals surface area contributed by atoms with Gasteiger partial charge in [0.1, 0.15) is 35.3 Å². The minimum absolute atomic E-state index is 0.0916. The highest BCUT2D eigenvalue weighted by molar-refractivity contribution is 5.96. The Labute approximate surface area is 284 Å². The van der Waals surface area contributed by atoms with Gasteiger partial charge in [-0.05, 0) is 50.2 Å². The quantitative estimate of drug-likeness (QED) is 0.242. The van der Waals surface area contributed by atoms with E-state index in [1.165, 1.54) is 28.9 Å². The van der Waals surface area contributed by atoms with Gasteiger partial charge in [0.25, 0.3) is 0 Å². The molecule has 5 heterocycles. The largest absolute Gasteiger partial charge is 0.458 e. The van der Waals surface area contributed by atoms with Crippen molar-refractivity contribution in [3.05, 3.63) is 90.3 Å². The van der Waals surface area contributed by atoms with Crippen molar-refractivity contribution >= 4 is 33.5 Å². The average molecular weight is 683 g/mol. The zero-order valence-electron chi connectivity index (χ0n) is 27.6. The first-order chi connectivity index (χ1) is 24.2. The maximum absolute atomic E-state index is 15.0. The third-order valence-corrected chi connectivity index (χ3v) is 9.41. The Morgan fingerprint density at radius 1 is 0.980 bits per heavy atom. The molecule has 6 aromatic rings. The summed E-state index contributed by atoms with van der Waals surface area (Å²) in [6.07, 6.45) is 2.58. The smallest absolute Gasteiger partial charge is 0.317 e. The second-order valence-corrected chi connectivity index (χ2v) is 12.6. The van der Waals surface area contributed by atoms with Gasteiger partial charge in [-0.15, -0.1) is 0 Å². The number of likely N-dealkylation sites (N-methyl/N-ethyl adjacent to an activating group) is 1. The molecule has 2 aliphatic rings. The summed E-state index contributed by atoms with van der Waals surface area (Å²) in [6.45, 7) is 5.11. The summed E-state index contributed by atoms with van der Waals surface area (Å²) in [5.41, 5.74) is 3.57. The molecule has 0 N–H and O–H groups in total. The van der Waals surface area contributed by atoms with Crippen LogP contribution in [0.3, 0.4) is 0 Å². The Kier molecular flexibility index (Phi) is 7.89. The van der Waals surface area contributed by atoms with E-state index >= 15 is 0 Å². The molecule has 1 amide bonds. The first-order valence-electron chi connectivity index (χ1n) is 16.4. The molecule has 0 radical (unpaired) electrons. The molecule has 11 nitrogen and oxygen atoms in total. The zero-order valence-corrected chi connectivity index (χ0v) is 27.6. The third kappa shape index (κ3) is 5.49. The van der Waals surface area contributed by atoms with Crippen LogP contribution in [-0.4, -0.2) is 85.1 Å². The van der Waals surface area contributed by atoms with E-state index in [1.54, 1.807) is 36.5 Å². The fourth-order valence-corrected chi connectivity index (χ4v) is 7.23. The number of rotatable bonds is 4. The lowest BCUT2D eigenvalue weighted by atomic mass is 10.1. The lowest BCUT2D eigenvalue weighted by Gasteiger charge is -2.31. The van der Waals surface area contributed by atoms with Crippen molar-refractivity contribution < 1.29 is 27.4 Å². The van der Waals surface area contributed by atoms with Gasteiger partial charge in [0, 0.05) is 61.6 Å². The predicted octanol–water partition coefficient (Wildman–Crippen LogP) is 5.46. The van der Waals surface area contributed by atoms with Gasteiger partial charge in [-0.25, -0.2) is 27.8 Å².